The normalized spacial score (nSPS) is 9.43. The fourth-order valence-corrected chi connectivity index (χ4v) is 0.380. The number of hydrogen-bond acceptors (Lipinski definition) is 2. The summed E-state index contributed by atoms with van der Waals surface area (Å²) in [6.07, 6.45) is 0. The highest BCUT2D eigenvalue weighted by molar-refractivity contribution is 5.97. The summed E-state index contributed by atoms with van der Waals surface area (Å²) < 4.78 is 9.70. The van der Waals surface area contributed by atoms with Crippen LogP contribution >= 0.6 is 0 Å². The fraction of sp³-hybridized carbons (Fsp3) is 1.00. The topological polar surface area (TPSA) is 18.5 Å². The molecule has 0 aromatic rings. The van der Waals surface area contributed by atoms with E-state index in [0.717, 1.165) is 13.2 Å². The van der Waals surface area contributed by atoms with Crippen LogP contribution < -0.4 is 0 Å². The molecule has 0 fully saturated rings. The Labute approximate surface area is 47.4 Å². The third-order valence-electron chi connectivity index (χ3n) is 0.576. The van der Waals surface area contributed by atoms with Crippen LogP contribution in [0.5, 0.6) is 0 Å². The molecule has 0 aliphatic rings. The van der Waals surface area contributed by atoms with E-state index in [0.29, 0.717) is 6.61 Å². The van der Waals surface area contributed by atoms with Crippen LogP contribution in [-0.4, -0.2) is 30.3 Å². The molecule has 0 unspecified atom stereocenters. The van der Waals surface area contributed by atoms with Gasteiger partial charge in [-0.15, -0.1) is 0 Å². The summed E-state index contributed by atoms with van der Waals surface area (Å²) in [6.45, 7) is 4.19. The maximum atomic E-state index is 4.95. The maximum Gasteiger partial charge on any atom is 0.175 e. The zero-order valence-electron chi connectivity index (χ0n) is 4.64. The van der Waals surface area contributed by atoms with E-state index in [-0.39, 0.29) is 0 Å². The minimum absolute atomic E-state index is 0.715. The van der Waals surface area contributed by atoms with Crippen molar-refractivity contribution in [2.24, 2.45) is 0 Å². The first-order chi connectivity index (χ1) is 3.41. The predicted octanol–water partition coefficient (Wildman–Crippen LogP) is -0.412. The van der Waals surface area contributed by atoms with E-state index in [1.165, 1.54) is 10.5 Å². The molecule has 0 aromatic carbocycles. The summed E-state index contributed by atoms with van der Waals surface area (Å²) in [4.78, 5) is 0. The fourth-order valence-electron chi connectivity index (χ4n) is 0.262. The van der Waals surface area contributed by atoms with Crippen LogP contribution in [0.1, 0.15) is 6.92 Å². The Kier molecular flexibility index (Phi) is 6.26. The molecule has 0 aromatic heterocycles. The van der Waals surface area contributed by atoms with Gasteiger partial charge in [-0.25, -0.2) is 0 Å². The van der Waals surface area contributed by atoms with E-state index in [1.807, 2.05) is 6.92 Å². The molecule has 0 N–H and O–H groups in total. The van der Waals surface area contributed by atoms with Crippen LogP contribution in [0.3, 0.4) is 0 Å². The second kappa shape index (κ2) is 6.14. The SMILES string of the molecule is CCOCCO[SiH2]. The molecular weight excluding hydrogens is 108 g/mol. The molecule has 0 aliphatic heterocycles. The van der Waals surface area contributed by atoms with Gasteiger partial charge in [-0.05, 0) is 6.92 Å². The van der Waals surface area contributed by atoms with Crippen molar-refractivity contribution in [2.45, 2.75) is 6.92 Å². The lowest BCUT2D eigenvalue weighted by Gasteiger charge is -1.96. The Balaban J connectivity index is 2.45. The van der Waals surface area contributed by atoms with Gasteiger partial charge in [0.25, 0.3) is 0 Å². The van der Waals surface area contributed by atoms with Crippen molar-refractivity contribution in [1.82, 2.24) is 0 Å². The van der Waals surface area contributed by atoms with Crippen molar-refractivity contribution in [3.63, 3.8) is 0 Å². The lowest BCUT2D eigenvalue weighted by molar-refractivity contribution is 0.114. The van der Waals surface area contributed by atoms with Gasteiger partial charge < -0.3 is 9.16 Å². The van der Waals surface area contributed by atoms with Crippen molar-refractivity contribution in [3.8, 4) is 0 Å². The highest BCUT2D eigenvalue weighted by atomic mass is 28.2. The Morgan fingerprint density at radius 1 is 1.43 bits per heavy atom. The molecule has 0 aliphatic carbocycles. The summed E-state index contributed by atoms with van der Waals surface area (Å²) in [5.74, 6) is 0. The molecule has 7 heavy (non-hydrogen) atoms. The zero-order chi connectivity index (χ0) is 5.54. The Morgan fingerprint density at radius 2 is 2.14 bits per heavy atom. The average molecular weight is 119 g/mol. The molecule has 0 amide bonds. The summed E-state index contributed by atoms with van der Waals surface area (Å²) in [6, 6.07) is 0. The van der Waals surface area contributed by atoms with Gasteiger partial charge in [-0.3, -0.25) is 0 Å². The average Bonchev–Trinajstić information content (AvgIpc) is 1.69. The van der Waals surface area contributed by atoms with Crippen molar-refractivity contribution < 1.29 is 9.16 Å². The van der Waals surface area contributed by atoms with Gasteiger partial charge in [-0.1, -0.05) is 0 Å². The standard InChI is InChI=1S/C4H11O2Si/c1-2-5-3-4-6-7/h2-4,7H2,1H3. The van der Waals surface area contributed by atoms with Gasteiger partial charge in [0.05, 0.1) is 13.2 Å². The van der Waals surface area contributed by atoms with E-state index >= 15 is 0 Å². The molecule has 0 saturated carbocycles. The van der Waals surface area contributed by atoms with Crippen LogP contribution in [0.2, 0.25) is 0 Å². The third kappa shape index (κ3) is 6.14. The lowest BCUT2D eigenvalue weighted by Crippen LogP contribution is -2.00. The molecule has 0 spiro atoms. The summed E-state index contributed by atoms with van der Waals surface area (Å²) in [5.41, 5.74) is 0. The van der Waals surface area contributed by atoms with Crippen LogP contribution in [0.4, 0.5) is 0 Å². The van der Waals surface area contributed by atoms with E-state index in [4.69, 9.17) is 9.16 Å². The molecule has 1 radical (unpaired) electrons. The molecule has 0 atom stereocenters. The zero-order valence-corrected chi connectivity index (χ0v) is 6.06. The monoisotopic (exact) mass is 119 g/mol. The minimum Gasteiger partial charge on any atom is -0.423 e. The molecule has 3 heteroatoms. The van der Waals surface area contributed by atoms with Gasteiger partial charge in [0.1, 0.15) is 0 Å². The molecule has 0 rings (SSSR count). The summed E-state index contributed by atoms with van der Waals surface area (Å²) in [5, 5.41) is 0. The van der Waals surface area contributed by atoms with Crippen LogP contribution in [0.15, 0.2) is 0 Å². The second-order valence-electron chi connectivity index (χ2n) is 1.11. The second-order valence-corrected chi connectivity index (χ2v) is 1.51. The van der Waals surface area contributed by atoms with Gasteiger partial charge in [0.15, 0.2) is 10.5 Å². The van der Waals surface area contributed by atoms with Gasteiger partial charge in [-0.2, -0.15) is 0 Å². The number of ether oxygens (including phenoxy) is 1. The van der Waals surface area contributed by atoms with Crippen molar-refractivity contribution in [1.29, 1.82) is 0 Å². The summed E-state index contributed by atoms with van der Waals surface area (Å²) in [7, 11) is 1.50. The smallest absolute Gasteiger partial charge is 0.175 e. The van der Waals surface area contributed by atoms with Crippen molar-refractivity contribution >= 4 is 10.5 Å². The first-order valence-corrected chi connectivity index (χ1v) is 2.94. The quantitative estimate of drug-likeness (QED) is 0.370. The van der Waals surface area contributed by atoms with E-state index in [9.17, 15) is 0 Å². The van der Waals surface area contributed by atoms with E-state index in [2.05, 4.69) is 0 Å². The number of rotatable bonds is 4. The van der Waals surface area contributed by atoms with E-state index in [1.54, 1.807) is 0 Å². The van der Waals surface area contributed by atoms with Crippen molar-refractivity contribution in [2.75, 3.05) is 19.8 Å². The van der Waals surface area contributed by atoms with Crippen molar-refractivity contribution in [3.05, 3.63) is 0 Å². The van der Waals surface area contributed by atoms with Gasteiger partial charge in [0, 0.05) is 6.61 Å². The molecule has 2 nitrogen and oxygen atoms in total. The Bertz CT molecular complexity index is 28.9. The molecule has 0 saturated heterocycles. The first-order valence-electron chi connectivity index (χ1n) is 2.36. The first kappa shape index (κ1) is 7.14. The number of hydrogen-bond donors (Lipinski definition) is 0. The maximum absolute atomic E-state index is 4.95. The largest absolute Gasteiger partial charge is 0.423 e. The minimum atomic E-state index is 0.715. The van der Waals surface area contributed by atoms with E-state index < -0.39 is 0 Å². The van der Waals surface area contributed by atoms with Crippen LogP contribution in [0.25, 0.3) is 0 Å². The molecule has 43 valence electrons. The highest BCUT2D eigenvalue weighted by Gasteiger charge is 1.77. The van der Waals surface area contributed by atoms with Gasteiger partial charge in [0.2, 0.25) is 0 Å². The molecule has 0 bridgehead atoms. The Hall–Kier alpha value is 0.137. The molecule has 0 heterocycles. The Morgan fingerprint density at radius 3 is 2.57 bits per heavy atom. The predicted molar refractivity (Wildman–Crippen MR) is 31.0 cm³/mol. The molecular formula is C4H11O2Si. The van der Waals surface area contributed by atoms with Crippen LogP contribution in [0, 0.1) is 0 Å². The third-order valence-corrected chi connectivity index (χ3v) is 0.865. The van der Waals surface area contributed by atoms with Crippen LogP contribution in [-0.2, 0) is 9.16 Å². The lowest BCUT2D eigenvalue weighted by atomic mass is 10.8. The summed E-state index contributed by atoms with van der Waals surface area (Å²) >= 11 is 0. The highest BCUT2D eigenvalue weighted by Crippen LogP contribution is 1.71. The van der Waals surface area contributed by atoms with Gasteiger partial charge >= 0.3 is 0 Å².